The second-order valence-corrected chi connectivity index (χ2v) is 6.03. The summed E-state index contributed by atoms with van der Waals surface area (Å²) < 4.78 is 11.4. The Morgan fingerprint density at radius 3 is 2.70 bits per heavy atom. The standard InChI is InChI=1S/C19H25N3O5/c1-4-27-17(24)10-9-16(23)20-13(2)18-21-15-8-6-5-7-14(15)19(25)22(18)11-12-26-3/h5-8,13H,4,9-12H2,1-3H3,(H,20,23)/t13-/m0/s1. The third-order valence-corrected chi connectivity index (χ3v) is 4.04. The number of nitrogens with zero attached hydrogens (tertiary/aromatic N) is 2. The Balaban J connectivity index is 2.23. The third-order valence-electron chi connectivity index (χ3n) is 4.04. The Hall–Kier alpha value is -2.74. The molecule has 2 aromatic rings. The van der Waals surface area contributed by atoms with Gasteiger partial charge in [0.1, 0.15) is 5.82 Å². The molecule has 0 unspecified atom stereocenters. The highest BCUT2D eigenvalue weighted by Crippen LogP contribution is 2.14. The first-order chi connectivity index (χ1) is 13.0. The molecule has 0 radical (unpaired) electrons. The number of rotatable bonds is 9. The van der Waals surface area contributed by atoms with Gasteiger partial charge in [-0.2, -0.15) is 0 Å². The number of benzene rings is 1. The minimum Gasteiger partial charge on any atom is -0.466 e. The van der Waals surface area contributed by atoms with Crippen molar-refractivity contribution >= 4 is 22.8 Å². The zero-order chi connectivity index (χ0) is 19.8. The fourth-order valence-electron chi connectivity index (χ4n) is 2.74. The summed E-state index contributed by atoms with van der Waals surface area (Å²) in [6.07, 6.45) is 0.0209. The number of amides is 1. The number of carbonyl (C=O) groups is 2. The summed E-state index contributed by atoms with van der Waals surface area (Å²) >= 11 is 0. The van der Waals surface area contributed by atoms with Crippen LogP contribution in [0.5, 0.6) is 0 Å². The number of aromatic nitrogens is 2. The lowest BCUT2D eigenvalue weighted by atomic mass is 10.2. The topological polar surface area (TPSA) is 99.5 Å². The van der Waals surface area contributed by atoms with Crippen LogP contribution in [0.1, 0.15) is 38.6 Å². The van der Waals surface area contributed by atoms with Gasteiger partial charge in [-0.25, -0.2) is 4.98 Å². The number of methoxy groups -OCH3 is 1. The van der Waals surface area contributed by atoms with Gasteiger partial charge in [-0.15, -0.1) is 0 Å². The SMILES string of the molecule is CCOC(=O)CCC(=O)N[C@@H](C)c1nc2ccccc2c(=O)n1CCOC. The Kier molecular flexibility index (Phi) is 7.48. The van der Waals surface area contributed by atoms with Crippen molar-refractivity contribution in [2.45, 2.75) is 39.3 Å². The van der Waals surface area contributed by atoms with Crippen LogP contribution in [0.25, 0.3) is 10.9 Å². The maximum absolute atomic E-state index is 12.8. The Morgan fingerprint density at radius 2 is 2.00 bits per heavy atom. The van der Waals surface area contributed by atoms with Crippen LogP contribution >= 0.6 is 0 Å². The normalized spacial score (nSPS) is 12.0. The molecule has 1 aromatic carbocycles. The third kappa shape index (κ3) is 5.37. The molecular weight excluding hydrogens is 350 g/mol. The number of fused-ring (bicyclic) bond motifs is 1. The second-order valence-electron chi connectivity index (χ2n) is 6.03. The van der Waals surface area contributed by atoms with E-state index < -0.39 is 12.0 Å². The van der Waals surface area contributed by atoms with E-state index in [2.05, 4.69) is 10.3 Å². The second kappa shape index (κ2) is 9.82. The molecule has 1 atom stereocenters. The summed E-state index contributed by atoms with van der Waals surface area (Å²) in [6, 6.07) is 6.57. The minimum absolute atomic E-state index is 0.00796. The van der Waals surface area contributed by atoms with E-state index in [1.807, 2.05) is 0 Å². The van der Waals surface area contributed by atoms with Gasteiger partial charge in [0, 0.05) is 13.5 Å². The van der Waals surface area contributed by atoms with Crippen LogP contribution in [-0.4, -0.2) is 41.8 Å². The average molecular weight is 375 g/mol. The lowest BCUT2D eigenvalue weighted by Gasteiger charge is -2.19. The predicted molar refractivity (Wildman–Crippen MR) is 100 cm³/mol. The van der Waals surface area contributed by atoms with E-state index in [0.29, 0.717) is 29.9 Å². The fraction of sp³-hybridized carbons (Fsp3) is 0.474. The van der Waals surface area contributed by atoms with E-state index in [-0.39, 0.29) is 30.9 Å². The monoisotopic (exact) mass is 375 g/mol. The average Bonchev–Trinajstić information content (AvgIpc) is 2.65. The van der Waals surface area contributed by atoms with Crippen LogP contribution in [0.15, 0.2) is 29.1 Å². The molecule has 1 amide bonds. The molecule has 0 saturated heterocycles. The van der Waals surface area contributed by atoms with Crippen molar-refractivity contribution in [1.82, 2.24) is 14.9 Å². The molecule has 0 aliphatic heterocycles. The van der Waals surface area contributed by atoms with E-state index in [1.54, 1.807) is 45.2 Å². The summed E-state index contributed by atoms with van der Waals surface area (Å²) in [7, 11) is 1.56. The number of carbonyl (C=O) groups excluding carboxylic acids is 2. The number of ether oxygens (including phenoxy) is 2. The van der Waals surface area contributed by atoms with Crippen LogP contribution in [0, 0.1) is 0 Å². The number of hydrogen-bond acceptors (Lipinski definition) is 6. The molecule has 146 valence electrons. The molecule has 2 rings (SSSR count). The van der Waals surface area contributed by atoms with Gasteiger partial charge in [0.25, 0.3) is 5.56 Å². The number of para-hydroxylation sites is 1. The number of nitrogens with one attached hydrogen (secondary N) is 1. The van der Waals surface area contributed by atoms with Crippen molar-refractivity contribution in [1.29, 1.82) is 0 Å². The molecular formula is C19H25N3O5. The lowest BCUT2D eigenvalue weighted by molar-refractivity contribution is -0.144. The van der Waals surface area contributed by atoms with Crippen molar-refractivity contribution in [3.63, 3.8) is 0 Å². The van der Waals surface area contributed by atoms with Crippen LogP contribution in [0.4, 0.5) is 0 Å². The zero-order valence-electron chi connectivity index (χ0n) is 15.9. The smallest absolute Gasteiger partial charge is 0.306 e. The van der Waals surface area contributed by atoms with Crippen molar-refractivity contribution in [3.05, 3.63) is 40.4 Å². The molecule has 0 spiro atoms. The van der Waals surface area contributed by atoms with Gasteiger partial charge >= 0.3 is 5.97 Å². The van der Waals surface area contributed by atoms with E-state index in [4.69, 9.17) is 9.47 Å². The van der Waals surface area contributed by atoms with E-state index in [1.165, 1.54) is 4.57 Å². The Bertz CT molecular complexity index is 862. The molecule has 1 heterocycles. The summed E-state index contributed by atoms with van der Waals surface area (Å²) in [5.41, 5.74) is 0.388. The molecule has 0 fully saturated rings. The summed E-state index contributed by atoms with van der Waals surface area (Å²) in [5.74, 6) is -0.280. The molecule has 0 bridgehead atoms. The number of hydrogen-bond donors (Lipinski definition) is 1. The molecule has 27 heavy (non-hydrogen) atoms. The maximum Gasteiger partial charge on any atom is 0.306 e. The van der Waals surface area contributed by atoms with Crippen molar-refractivity contribution in [3.8, 4) is 0 Å². The van der Waals surface area contributed by atoms with Gasteiger partial charge in [-0.1, -0.05) is 12.1 Å². The summed E-state index contributed by atoms with van der Waals surface area (Å²) in [6.45, 7) is 4.42. The molecule has 0 saturated carbocycles. The zero-order valence-corrected chi connectivity index (χ0v) is 15.9. The molecule has 1 aromatic heterocycles. The van der Waals surface area contributed by atoms with Gasteiger partial charge in [0.05, 0.1) is 43.1 Å². The highest BCUT2D eigenvalue weighted by molar-refractivity contribution is 5.81. The predicted octanol–water partition coefficient (Wildman–Crippen LogP) is 1.56. The highest BCUT2D eigenvalue weighted by Gasteiger charge is 2.18. The largest absolute Gasteiger partial charge is 0.466 e. The maximum atomic E-state index is 12.8. The van der Waals surface area contributed by atoms with E-state index in [0.717, 1.165) is 0 Å². The summed E-state index contributed by atoms with van der Waals surface area (Å²) in [4.78, 5) is 40.9. The quantitative estimate of drug-likeness (QED) is 0.668. The van der Waals surface area contributed by atoms with Crippen molar-refractivity contribution < 1.29 is 19.1 Å². The first-order valence-electron chi connectivity index (χ1n) is 8.91. The highest BCUT2D eigenvalue weighted by atomic mass is 16.5. The van der Waals surface area contributed by atoms with E-state index >= 15 is 0 Å². The van der Waals surface area contributed by atoms with E-state index in [9.17, 15) is 14.4 Å². The molecule has 8 heteroatoms. The van der Waals surface area contributed by atoms with Gasteiger partial charge in [0.15, 0.2) is 0 Å². The van der Waals surface area contributed by atoms with Crippen LogP contribution < -0.4 is 10.9 Å². The summed E-state index contributed by atoms with van der Waals surface area (Å²) in [5, 5.41) is 3.30. The molecule has 0 aliphatic rings. The molecule has 1 N–H and O–H groups in total. The van der Waals surface area contributed by atoms with Crippen LogP contribution in [-0.2, 0) is 25.6 Å². The van der Waals surface area contributed by atoms with Crippen LogP contribution in [0.2, 0.25) is 0 Å². The first-order valence-corrected chi connectivity index (χ1v) is 8.91. The Labute approximate surface area is 157 Å². The van der Waals surface area contributed by atoms with Gasteiger partial charge < -0.3 is 14.8 Å². The lowest BCUT2D eigenvalue weighted by Crippen LogP contribution is -2.34. The van der Waals surface area contributed by atoms with Gasteiger partial charge in [-0.3, -0.25) is 19.0 Å². The van der Waals surface area contributed by atoms with Crippen LogP contribution in [0.3, 0.4) is 0 Å². The Morgan fingerprint density at radius 1 is 1.26 bits per heavy atom. The number of esters is 1. The van der Waals surface area contributed by atoms with Crippen molar-refractivity contribution in [2.24, 2.45) is 0 Å². The molecule has 0 aliphatic carbocycles. The van der Waals surface area contributed by atoms with Crippen molar-refractivity contribution in [2.75, 3.05) is 20.3 Å². The van der Waals surface area contributed by atoms with Gasteiger partial charge in [0.2, 0.25) is 5.91 Å². The fourth-order valence-corrected chi connectivity index (χ4v) is 2.74. The minimum atomic E-state index is -0.506. The first kappa shape index (κ1) is 20.6. The van der Waals surface area contributed by atoms with Gasteiger partial charge in [-0.05, 0) is 26.0 Å². The molecule has 8 nitrogen and oxygen atoms in total.